The zero-order valence-electron chi connectivity index (χ0n) is 8.96. The molecule has 0 aliphatic rings. The smallest absolute Gasteiger partial charge is 0.203 e. The van der Waals surface area contributed by atoms with Crippen LogP contribution in [0.25, 0.3) is 0 Å². The van der Waals surface area contributed by atoms with Crippen molar-refractivity contribution in [3.63, 3.8) is 0 Å². The van der Waals surface area contributed by atoms with E-state index in [1.807, 2.05) is 0 Å². The summed E-state index contributed by atoms with van der Waals surface area (Å²) in [5, 5.41) is -1.27. The summed E-state index contributed by atoms with van der Waals surface area (Å²) in [5.41, 5.74) is -5.69. The second-order valence-electron chi connectivity index (χ2n) is 3.32. The molecule has 12 heteroatoms. The lowest BCUT2D eigenvalue weighted by molar-refractivity contribution is -0.0448. The lowest BCUT2D eigenvalue weighted by atomic mass is 10.2. The van der Waals surface area contributed by atoms with Crippen LogP contribution < -0.4 is 4.72 Å². The topological polar surface area (TPSA) is 46.2 Å². The van der Waals surface area contributed by atoms with Gasteiger partial charge in [-0.25, -0.2) is 13.1 Å². The number of benzene rings is 1. The number of rotatable bonds is 3. The predicted molar refractivity (Wildman–Crippen MR) is 73.3 cm³/mol. The van der Waals surface area contributed by atoms with Crippen molar-refractivity contribution >= 4 is 68.0 Å². The molecule has 0 saturated heterocycles. The van der Waals surface area contributed by atoms with Gasteiger partial charge in [0.15, 0.2) is 0 Å². The average molecular weight is 411 g/mol. The summed E-state index contributed by atoms with van der Waals surface area (Å²) in [6, 6.07) is 0. The van der Waals surface area contributed by atoms with Gasteiger partial charge in [0.05, 0.1) is 25.1 Å². The molecule has 0 aromatic heterocycles. The molecule has 0 spiro atoms. The van der Waals surface area contributed by atoms with E-state index in [0.717, 1.165) is 0 Å². The first-order valence-corrected chi connectivity index (χ1v) is 7.83. The van der Waals surface area contributed by atoms with Crippen molar-refractivity contribution in [2.45, 2.75) is 12.1 Å². The van der Waals surface area contributed by atoms with E-state index in [-0.39, 0.29) is 30.7 Å². The second-order valence-corrected chi connectivity index (χ2v) is 6.97. The predicted octanol–water partition coefficient (Wildman–Crippen LogP) is 4.89. The average Bonchev–Trinajstić information content (AvgIpc) is 2.32. The second kappa shape index (κ2) is 6.24. The van der Waals surface area contributed by atoms with E-state index in [2.05, 4.69) is 0 Å². The first kappa shape index (κ1) is 18.4. The molecule has 1 aromatic carbocycles. The molecule has 0 radical (unpaired) electrons. The Kier molecular flexibility index (Phi) is 5.75. The molecule has 1 N–H and O–H groups in total. The summed E-state index contributed by atoms with van der Waals surface area (Å²) in [6.45, 7) is -0.851. The Bertz CT molecular complexity index is 617. The molecular weight excluding hydrogens is 408 g/mol. The Morgan fingerprint density at radius 3 is 1.55 bits per heavy atom. The van der Waals surface area contributed by atoms with E-state index in [4.69, 9.17) is 58.0 Å². The van der Waals surface area contributed by atoms with Crippen LogP contribution in [0.3, 0.4) is 0 Å². The molecule has 0 atom stereocenters. The van der Waals surface area contributed by atoms with E-state index in [1.165, 1.54) is 4.72 Å². The summed E-state index contributed by atoms with van der Waals surface area (Å²) < 4.78 is 59.5. The maximum atomic E-state index is 12.2. The fourth-order valence-electron chi connectivity index (χ4n) is 1.05. The van der Waals surface area contributed by atoms with Crippen molar-refractivity contribution in [1.29, 1.82) is 0 Å². The SMILES string of the molecule is O=S(=O)(NCc1c(Cl)c(Cl)c(Cl)c(Cl)c1Cl)C(F)(F)F. The number of hydrogen-bond donors (Lipinski definition) is 1. The van der Waals surface area contributed by atoms with Gasteiger partial charge in [-0.1, -0.05) is 58.0 Å². The number of hydrogen-bond acceptors (Lipinski definition) is 2. The van der Waals surface area contributed by atoms with Gasteiger partial charge in [-0.3, -0.25) is 0 Å². The minimum absolute atomic E-state index is 0.189. The molecule has 1 rings (SSSR count). The van der Waals surface area contributed by atoms with Crippen molar-refractivity contribution < 1.29 is 21.6 Å². The quantitative estimate of drug-likeness (QED) is 0.569. The fourth-order valence-corrected chi connectivity index (χ4v) is 2.86. The maximum absolute atomic E-state index is 12.2. The van der Waals surface area contributed by atoms with Crippen molar-refractivity contribution in [3.8, 4) is 0 Å². The van der Waals surface area contributed by atoms with Gasteiger partial charge in [0.2, 0.25) is 0 Å². The number of sulfonamides is 1. The van der Waals surface area contributed by atoms with Crippen molar-refractivity contribution in [3.05, 3.63) is 30.7 Å². The third kappa shape index (κ3) is 3.58. The molecule has 0 bridgehead atoms. The standard InChI is InChI=1S/C8H3Cl5F3NO2S/c9-3-2(1-17-20(18,19)8(14,15)16)4(10)6(12)7(13)5(3)11/h17H,1H2. The zero-order chi connectivity index (χ0) is 15.9. The zero-order valence-corrected chi connectivity index (χ0v) is 13.6. The van der Waals surface area contributed by atoms with E-state index in [0.29, 0.717) is 0 Å². The lowest BCUT2D eigenvalue weighted by Gasteiger charge is -2.14. The van der Waals surface area contributed by atoms with Crippen LogP contribution in [-0.4, -0.2) is 13.9 Å². The van der Waals surface area contributed by atoms with Crippen molar-refractivity contribution in [2.75, 3.05) is 0 Å². The number of alkyl halides is 3. The van der Waals surface area contributed by atoms with Gasteiger partial charge < -0.3 is 0 Å². The molecule has 114 valence electrons. The van der Waals surface area contributed by atoms with Crippen LogP contribution in [0.4, 0.5) is 13.2 Å². The molecule has 0 unspecified atom stereocenters. The third-order valence-corrected chi connectivity index (χ3v) is 5.53. The summed E-state index contributed by atoms with van der Waals surface area (Å²) >= 11 is 28.5. The molecule has 0 fully saturated rings. The van der Waals surface area contributed by atoms with Gasteiger partial charge in [-0.2, -0.15) is 13.2 Å². The molecular formula is C8H3Cl5F3NO2S. The van der Waals surface area contributed by atoms with Crippen LogP contribution in [0, 0.1) is 0 Å². The molecule has 0 aliphatic carbocycles. The summed E-state index contributed by atoms with van der Waals surface area (Å²) in [6.07, 6.45) is 0. The summed E-state index contributed by atoms with van der Waals surface area (Å²) in [4.78, 5) is 0. The van der Waals surface area contributed by atoms with Gasteiger partial charge in [0.25, 0.3) is 0 Å². The van der Waals surface area contributed by atoms with Crippen LogP contribution >= 0.6 is 58.0 Å². The van der Waals surface area contributed by atoms with Gasteiger partial charge in [0, 0.05) is 12.1 Å². The van der Waals surface area contributed by atoms with E-state index < -0.39 is 22.1 Å². The minimum atomic E-state index is -5.55. The highest BCUT2D eigenvalue weighted by molar-refractivity contribution is 7.90. The first-order valence-electron chi connectivity index (χ1n) is 4.46. The van der Waals surface area contributed by atoms with Crippen LogP contribution in [0.5, 0.6) is 0 Å². The molecule has 0 amide bonds. The van der Waals surface area contributed by atoms with Gasteiger partial charge in [0.1, 0.15) is 0 Å². The van der Waals surface area contributed by atoms with E-state index in [1.54, 1.807) is 0 Å². The van der Waals surface area contributed by atoms with Crippen molar-refractivity contribution in [1.82, 2.24) is 4.72 Å². The van der Waals surface area contributed by atoms with E-state index in [9.17, 15) is 21.6 Å². The minimum Gasteiger partial charge on any atom is -0.203 e. The Morgan fingerprint density at radius 2 is 1.20 bits per heavy atom. The van der Waals surface area contributed by atoms with Crippen LogP contribution in [-0.2, 0) is 16.6 Å². The Labute approximate surface area is 136 Å². The lowest BCUT2D eigenvalue weighted by Crippen LogP contribution is -2.36. The summed E-state index contributed by atoms with van der Waals surface area (Å²) in [5.74, 6) is 0. The van der Waals surface area contributed by atoms with Crippen LogP contribution in [0.2, 0.25) is 25.1 Å². The molecule has 1 aromatic rings. The van der Waals surface area contributed by atoms with Crippen molar-refractivity contribution in [2.24, 2.45) is 0 Å². The fraction of sp³-hybridized carbons (Fsp3) is 0.250. The van der Waals surface area contributed by atoms with Crippen LogP contribution in [0.15, 0.2) is 0 Å². The number of halogens is 8. The molecule has 3 nitrogen and oxygen atoms in total. The highest BCUT2D eigenvalue weighted by Gasteiger charge is 2.45. The molecule has 20 heavy (non-hydrogen) atoms. The Morgan fingerprint density at radius 1 is 0.850 bits per heavy atom. The summed E-state index contributed by atoms with van der Waals surface area (Å²) in [7, 11) is -5.55. The Hall–Kier alpha value is 0.370. The van der Waals surface area contributed by atoms with Gasteiger partial charge in [-0.15, -0.1) is 0 Å². The molecule has 0 saturated carbocycles. The largest absolute Gasteiger partial charge is 0.511 e. The highest BCUT2D eigenvalue weighted by Crippen LogP contribution is 2.43. The Balaban J connectivity index is 3.19. The van der Waals surface area contributed by atoms with Gasteiger partial charge in [-0.05, 0) is 0 Å². The van der Waals surface area contributed by atoms with Gasteiger partial charge >= 0.3 is 15.5 Å². The highest BCUT2D eigenvalue weighted by atomic mass is 35.5. The number of nitrogens with one attached hydrogen (secondary N) is 1. The normalized spacial score (nSPS) is 12.8. The molecule has 0 aliphatic heterocycles. The monoisotopic (exact) mass is 409 g/mol. The van der Waals surface area contributed by atoms with Crippen LogP contribution in [0.1, 0.15) is 5.56 Å². The molecule has 0 heterocycles. The third-order valence-electron chi connectivity index (χ3n) is 2.04. The first-order chi connectivity index (χ1) is 8.90. The maximum Gasteiger partial charge on any atom is 0.511 e. The van der Waals surface area contributed by atoms with E-state index >= 15 is 0 Å².